The topological polar surface area (TPSA) is 69.6 Å². The Bertz CT molecular complexity index is 637. The van der Waals surface area contributed by atoms with Gasteiger partial charge in [0.15, 0.2) is 0 Å². The predicted molar refractivity (Wildman–Crippen MR) is 207 cm³/mol. The monoisotopic (exact) mass is 664 g/mol. The Balaban J connectivity index is 3.47. The lowest BCUT2D eigenvalue weighted by atomic mass is 10.0. The van der Waals surface area contributed by atoms with Gasteiger partial charge >= 0.3 is 0 Å². The van der Waals surface area contributed by atoms with Crippen molar-refractivity contribution >= 4 is 5.91 Å². The summed E-state index contributed by atoms with van der Waals surface area (Å²) >= 11 is 0. The van der Waals surface area contributed by atoms with Crippen molar-refractivity contribution in [3.63, 3.8) is 0 Å². The molecule has 0 aliphatic heterocycles. The van der Waals surface area contributed by atoms with Crippen LogP contribution in [0.4, 0.5) is 0 Å². The summed E-state index contributed by atoms with van der Waals surface area (Å²) in [5.41, 5.74) is 0. The number of carbonyl (C=O) groups is 1. The van der Waals surface area contributed by atoms with Crippen molar-refractivity contribution in [1.29, 1.82) is 0 Å². The van der Waals surface area contributed by atoms with E-state index in [-0.39, 0.29) is 12.5 Å². The lowest BCUT2D eigenvalue weighted by Gasteiger charge is -2.22. The zero-order valence-corrected chi connectivity index (χ0v) is 32.1. The second-order valence-electron chi connectivity index (χ2n) is 14.8. The number of nitrogens with one attached hydrogen (secondary N) is 1. The third-order valence-electron chi connectivity index (χ3n) is 10.0. The normalized spacial score (nSPS) is 13.0. The first-order chi connectivity index (χ1) is 23.2. The van der Waals surface area contributed by atoms with E-state index in [0.717, 1.165) is 25.7 Å². The van der Waals surface area contributed by atoms with Gasteiger partial charge in [0, 0.05) is 6.42 Å². The number of carbonyl (C=O) groups excluding carboxylic acids is 1. The fourth-order valence-corrected chi connectivity index (χ4v) is 6.71. The van der Waals surface area contributed by atoms with Crippen molar-refractivity contribution < 1.29 is 15.0 Å². The summed E-state index contributed by atoms with van der Waals surface area (Å²) in [4.78, 5) is 12.4. The minimum absolute atomic E-state index is 0.0334. The van der Waals surface area contributed by atoms with Gasteiger partial charge in [-0.25, -0.2) is 0 Å². The van der Waals surface area contributed by atoms with Crippen molar-refractivity contribution in [2.45, 2.75) is 251 Å². The number of allylic oxidation sites excluding steroid dienone is 2. The highest BCUT2D eigenvalue weighted by atomic mass is 16.3. The molecule has 47 heavy (non-hydrogen) atoms. The Hall–Kier alpha value is -0.870. The smallest absolute Gasteiger partial charge is 0.220 e. The Labute approximate surface area is 295 Å². The van der Waals surface area contributed by atoms with Crippen molar-refractivity contribution in [2.24, 2.45) is 0 Å². The van der Waals surface area contributed by atoms with E-state index in [0.29, 0.717) is 12.8 Å². The maximum Gasteiger partial charge on any atom is 0.220 e. The molecule has 0 radical (unpaired) electrons. The van der Waals surface area contributed by atoms with E-state index in [4.69, 9.17) is 0 Å². The molecule has 0 aromatic rings. The van der Waals surface area contributed by atoms with Crippen LogP contribution in [0.15, 0.2) is 12.2 Å². The fourth-order valence-electron chi connectivity index (χ4n) is 6.71. The first-order valence-electron chi connectivity index (χ1n) is 21.4. The second kappa shape index (κ2) is 39.6. The molecule has 0 spiro atoms. The summed E-state index contributed by atoms with van der Waals surface area (Å²) in [7, 11) is 0. The molecule has 0 aromatic carbocycles. The predicted octanol–water partition coefficient (Wildman–Crippen LogP) is 13.1. The van der Waals surface area contributed by atoms with E-state index in [1.54, 1.807) is 0 Å². The molecule has 4 nitrogen and oxygen atoms in total. The van der Waals surface area contributed by atoms with Crippen molar-refractivity contribution in [3.05, 3.63) is 12.2 Å². The number of hydrogen-bond donors (Lipinski definition) is 3. The van der Waals surface area contributed by atoms with Crippen LogP contribution in [-0.4, -0.2) is 34.9 Å². The number of amides is 1. The highest BCUT2D eigenvalue weighted by molar-refractivity contribution is 5.76. The maximum atomic E-state index is 12.4. The summed E-state index contributed by atoms with van der Waals surface area (Å²) in [6.07, 6.45) is 48.6. The van der Waals surface area contributed by atoms with Gasteiger partial charge < -0.3 is 15.5 Å². The summed E-state index contributed by atoms with van der Waals surface area (Å²) in [6.45, 7) is 4.36. The molecule has 0 aliphatic rings. The highest BCUT2D eigenvalue weighted by Crippen LogP contribution is 2.16. The largest absolute Gasteiger partial charge is 0.394 e. The van der Waals surface area contributed by atoms with Gasteiger partial charge in [0.2, 0.25) is 5.91 Å². The molecule has 0 saturated heterocycles. The van der Waals surface area contributed by atoms with Gasteiger partial charge in [-0.15, -0.1) is 0 Å². The molecule has 2 unspecified atom stereocenters. The number of unbranched alkanes of at least 4 members (excludes halogenated alkanes) is 30. The van der Waals surface area contributed by atoms with Crippen LogP contribution in [0, 0.1) is 0 Å². The lowest BCUT2D eigenvalue weighted by molar-refractivity contribution is -0.123. The molecule has 0 aromatic heterocycles. The van der Waals surface area contributed by atoms with E-state index in [1.807, 2.05) is 0 Å². The van der Waals surface area contributed by atoms with Crippen LogP contribution in [0.25, 0.3) is 0 Å². The summed E-state index contributed by atoms with van der Waals surface area (Å²) in [6, 6.07) is -0.533. The fraction of sp³-hybridized carbons (Fsp3) is 0.930. The summed E-state index contributed by atoms with van der Waals surface area (Å²) in [5, 5.41) is 23.1. The number of rotatable bonds is 39. The van der Waals surface area contributed by atoms with E-state index in [2.05, 4.69) is 31.3 Å². The Morgan fingerprint density at radius 3 is 1.17 bits per heavy atom. The molecule has 0 saturated carbocycles. The second-order valence-corrected chi connectivity index (χ2v) is 14.8. The highest BCUT2D eigenvalue weighted by Gasteiger charge is 2.20. The van der Waals surface area contributed by atoms with Crippen LogP contribution < -0.4 is 5.32 Å². The maximum absolute atomic E-state index is 12.4. The van der Waals surface area contributed by atoms with Crippen LogP contribution in [0.5, 0.6) is 0 Å². The van der Waals surface area contributed by atoms with Gasteiger partial charge in [-0.2, -0.15) is 0 Å². The van der Waals surface area contributed by atoms with Crippen LogP contribution >= 0.6 is 0 Å². The van der Waals surface area contributed by atoms with E-state index in [9.17, 15) is 15.0 Å². The Morgan fingerprint density at radius 1 is 0.489 bits per heavy atom. The van der Waals surface area contributed by atoms with Gasteiger partial charge in [-0.1, -0.05) is 206 Å². The quantitative estimate of drug-likeness (QED) is 0.0453. The molecule has 0 fully saturated rings. The van der Waals surface area contributed by atoms with Crippen LogP contribution in [0.1, 0.15) is 239 Å². The molecule has 0 aliphatic carbocycles. The number of aliphatic hydroxyl groups is 2. The van der Waals surface area contributed by atoms with Gasteiger partial charge in [0.25, 0.3) is 0 Å². The Kier molecular flexibility index (Phi) is 38.8. The Morgan fingerprint density at radius 2 is 0.809 bits per heavy atom. The SMILES string of the molecule is CCCCCCCCCCCCCC/C=C\CCCCCCCCCCC(=O)NC(CO)C(O)CCCCCCCCCCCCC. The summed E-state index contributed by atoms with van der Waals surface area (Å²) in [5.74, 6) is -0.0334. The van der Waals surface area contributed by atoms with Crippen molar-refractivity contribution in [2.75, 3.05) is 6.61 Å². The van der Waals surface area contributed by atoms with Crippen LogP contribution in [0.3, 0.4) is 0 Å². The molecule has 0 bridgehead atoms. The van der Waals surface area contributed by atoms with E-state index in [1.165, 1.54) is 186 Å². The average molecular weight is 664 g/mol. The number of hydrogen-bond acceptors (Lipinski definition) is 3. The van der Waals surface area contributed by atoms with Gasteiger partial charge in [-0.3, -0.25) is 4.79 Å². The molecular formula is C43H85NO3. The minimum Gasteiger partial charge on any atom is -0.394 e. The van der Waals surface area contributed by atoms with E-state index < -0.39 is 12.1 Å². The van der Waals surface area contributed by atoms with Crippen LogP contribution in [-0.2, 0) is 4.79 Å². The molecule has 4 heteroatoms. The van der Waals surface area contributed by atoms with Crippen molar-refractivity contribution in [1.82, 2.24) is 5.32 Å². The first kappa shape index (κ1) is 46.1. The zero-order chi connectivity index (χ0) is 34.3. The molecule has 3 N–H and O–H groups in total. The molecule has 1 amide bonds. The molecule has 0 heterocycles. The van der Waals surface area contributed by atoms with E-state index >= 15 is 0 Å². The average Bonchev–Trinajstić information content (AvgIpc) is 3.07. The summed E-state index contributed by atoms with van der Waals surface area (Å²) < 4.78 is 0. The minimum atomic E-state index is -0.655. The first-order valence-corrected chi connectivity index (χ1v) is 21.4. The zero-order valence-electron chi connectivity index (χ0n) is 32.1. The third-order valence-corrected chi connectivity index (χ3v) is 10.0. The standard InChI is InChI=1S/C43H85NO3/c1-3-5-7-9-11-13-15-16-17-18-19-20-21-22-23-24-25-26-27-29-31-33-35-37-39-43(47)44-41(40-45)42(46)38-36-34-32-30-28-14-12-10-8-6-4-2/h22-23,41-42,45-46H,3-21,24-40H2,1-2H3,(H,44,47)/b23-22-. The van der Waals surface area contributed by atoms with Gasteiger partial charge in [0.1, 0.15) is 0 Å². The third kappa shape index (κ3) is 36.2. The molecule has 0 rings (SSSR count). The lowest BCUT2D eigenvalue weighted by Crippen LogP contribution is -2.45. The van der Waals surface area contributed by atoms with Gasteiger partial charge in [-0.05, 0) is 38.5 Å². The van der Waals surface area contributed by atoms with Gasteiger partial charge in [0.05, 0.1) is 18.8 Å². The number of aliphatic hydroxyl groups excluding tert-OH is 2. The van der Waals surface area contributed by atoms with Crippen LogP contribution in [0.2, 0.25) is 0 Å². The molecule has 2 atom stereocenters. The molecular weight excluding hydrogens is 578 g/mol. The molecule has 280 valence electrons. The van der Waals surface area contributed by atoms with Crippen molar-refractivity contribution in [3.8, 4) is 0 Å².